The lowest BCUT2D eigenvalue weighted by molar-refractivity contribution is 0.0953. The second kappa shape index (κ2) is 6.53. The van der Waals surface area contributed by atoms with Gasteiger partial charge in [-0.15, -0.1) is 0 Å². The van der Waals surface area contributed by atoms with Gasteiger partial charge in [-0.1, -0.05) is 28.9 Å². The fourth-order valence-electron chi connectivity index (χ4n) is 1.25. The zero-order chi connectivity index (χ0) is 12.0. The van der Waals surface area contributed by atoms with E-state index >= 15 is 0 Å². The summed E-state index contributed by atoms with van der Waals surface area (Å²) in [7, 11) is 1.59. The smallest absolute Gasteiger partial charge is 0.251 e. The van der Waals surface area contributed by atoms with E-state index in [0.29, 0.717) is 22.7 Å². The predicted molar refractivity (Wildman–Crippen MR) is 68.3 cm³/mol. The van der Waals surface area contributed by atoms with E-state index in [1.54, 1.807) is 25.3 Å². The largest absolute Gasteiger partial charge is 0.497 e. The van der Waals surface area contributed by atoms with Crippen LogP contribution < -0.4 is 10.1 Å². The first-order valence-corrected chi connectivity index (χ1v) is 6.11. The Kier molecular flexibility index (Phi) is 5.32. The maximum atomic E-state index is 11.7. The number of hydrogen-bond donors (Lipinski definition) is 1. The average molecular weight is 286 g/mol. The van der Waals surface area contributed by atoms with Gasteiger partial charge in [0.25, 0.3) is 5.91 Å². The summed E-state index contributed by atoms with van der Waals surface area (Å²) in [4.78, 5) is 12.1. The van der Waals surface area contributed by atoms with Crippen LogP contribution in [-0.2, 0) is 0 Å². The molecule has 0 aliphatic heterocycles. The molecular formula is C12H16BrNO2. The summed E-state index contributed by atoms with van der Waals surface area (Å²) in [5.74, 6) is 0.633. The lowest BCUT2D eigenvalue weighted by Gasteiger charge is -2.07. The standard InChI is InChI=1S/C12H16BrNO2/c1-9(13)6-7-14-12(15)10-4-3-5-11(8-10)16-2/h3-5,8-9H,6-7H2,1-2H3,(H,14,15). The highest BCUT2D eigenvalue weighted by Crippen LogP contribution is 2.12. The van der Waals surface area contributed by atoms with Crippen LogP contribution in [0.5, 0.6) is 5.75 Å². The van der Waals surface area contributed by atoms with Gasteiger partial charge in [-0.3, -0.25) is 4.79 Å². The topological polar surface area (TPSA) is 38.3 Å². The molecule has 0 fully saturated rings. The number of rotatable bonds is 5. The van der Waals surface area contributed by atoms with Gasteiger partial charge in [0.2, 0.25) is 0 Å². The molecule has 0 aliphatic rings. The lowest BCUT2D eigenvalue weighted by Crippen LogP contribution is -2.25. The van der Waals surface area contributed by atoms with Crippen molar-refractivity contribution in [1.82, 2.24) is 5.32 Å². The van der Waals surface area contributed by atoms with Crippen LogP contribution in [0, 0.1) is 0 Å². The molecule has 16 heavy (non-hydrogen) atoms. The number of amides is 1. The summed E-state index contributed by atoms with van der Waals surface area (Å²) in [6.45, 7) is 2.72. The summed E-state index contributed by atoms with van der Waals surface area (Å²) in [5, 5.41) is 2.86. The van der Waals surface area contributed by atoms with Crippen molar-refractivity contribution >= 4 is 21.8 Å². The Morgan fingerprint density at radius 3 is 2.94 bits per heavy atom. The zero-order valence-corrected chi connectivity index (χ0v) is 11.1. The molecule has 1 unspecified atom stereocenters. The number of nitrogens with one attached hydrogen (secondary N) is 1. The third-order valence-corrected chi connectivity index (χ3v) is 2.62. The van der Waals surface area contributed by atoms with Crippen molar-refractivity contribution in [2.45, 2.75) is 18.2 Å². The first-order chi connectivity index (χ1) is 7.63. The van der Waals surface area contributed by atoms with Crippen LogP contribution in [0.1, 0.15) is 23.7 Å². The Balaban J connectivity index is 2.52. The molecule has 0 saturated carbocycles. The van der Waals surface area contributed by atoms with Crippen molar-refractivity contribution in [2.24, 2.45) is 0 Å². The highest BCUT2D eigenvalue weighted by Gasteiger charge is 2.06. The third kappa shape index (κ3) is 4.23. The number of benzene rings is 1. The highest BCUT2D eigenvalue weighted by molar-refractivity contribution is 9.09. The first-order valence-electron chi connectivity index (χ1n) is 5.20. The number of methoxy groups -OCH3 is 1. The molecule has 3 nitrogen and oxygen atoms in total. The van der Waals surface area contributed by atoms with E-state index in [9.17, 15) is 4.79 Å². The van der Waals surface area contributed by atoms with Crippen molar-refractivity contribution in [3.8, 4) is 5.75 Å². The van der Waals surface area contributed by atoms with Crippen molar-refractivity contribution in [2.75, 3.05) is 13.7 Å². The number of carbonyl (C=O) groups excluding carboxylic acids is 1. The monoisotopic (exact) mass is 285 g/mol. The van der Waals surface area contributed by atoms with Crippen LogP contribution in [0.3, 0.4) is 0 Å². The third-order valence-electron chi connectivity index (χ3n) is 2.16. The van der Waals surface area contributed by atoms with Gasteiger partial charge in [-0.05, 0) is 24.6 Å². The van der Waals surface area contributed by atoms with Gasteiger partial charge in [0.1, 0.15) is 5.75 Å². The molecule has 0 saturated heterocycles. The van der Waals surface area contributed by atoms with Gasteiger partial charge in [-0.25, -0.2) is 0 Å². The van der Waals surface area contributed by atoms with Crippen LogP contribution in [0.25, 0.3) is 0 Å². The molecule has 1 rings (SSSR count). The SMILES string of the molecule is COc1cccc(C(=O)NCCC(C)Br)c1. The molecule has 1 atom stereocenters. The minimum atomic E-state index is -0.0629. The number of halogens is 1. The second-order valence-electron chi connectivity index (χ2n) is 3.56. The minimum Gasteiger partial charge on any atom is -0.497 e. The fourth-order valence-corrected chi connectivity index (χ4v) is 1.48. The molecular weight excluding hydrogens is 270 g/mol. The molecule has 0 aromatic heterocycles. The Morgan fingerprint density at radius 1 is 1.56 bits per heavy atom. The minimum absolute atomic E-state index is 0.0629. The molecule has 1 aromatic carbocycles. The van der Waals surface area contributed by atoms with Crippen LogP contribution in [-0.4, -0.2) is 24.4 Å². The van der Waals surface area contributed by atoms with Crippen LogP contribution in [0.4, 0.5) is 0 Å². The predicted octanol–water partition coefficient (Wildman–Crippen LogP) is 2.60. The van der Waals surface area contributed by atoms with Crippen LogP contribution in [0.15, 0.2) is 24.3 Å². The maximum Gasteiger partial charge on any atom is 0.251 e. The molecule has 1 N–H and O–H groups in total. The average Bonchev–Trinajstić information content (AvgIpc) is 2.28. The maximum absolute atomic E-state index is 11.7. The van der Waals surface area contributed by atoms with E-state index in [1.165, 1.54) is 0 Å². The van der Waals surface area contributed by atoms with E-state index in [-0.39, 0.29) is 5.91 Å². The van der Waals surface area contributed by atoms with Crippen LogP contribution >= 0.6 is 15.9 Å². The Bertz CT molecular complexity index is 353. The number of carbonyl (C=O) groups is 1. The van der Waals surface area contributed by atoms with Crippen molar-refractivity contribution in [3.63, 3.8) is 0 Å². The summed E-state index contributed by atoms with van der Waals surface area (Å²) in [5.41, 5.74) is 0.626. The van der Waals surface area contributed by atoms with E-state index in [4.69, 9.17) is 4.74 Å². The number of alkyl halides is 1. The van der Waals surface area contributed by atoms with Gasteiger partial charge in [0.15, 0.2) is 0 Å². The van der Waals surface area contributed by atoms with Gasteiger partial charge in [0, 0.05) is 16.9 Å². The highest BCUT2D eigenvalue weighted by atomic mass is 79.9. The molecule has 0 spiro atoms. The Labute approximate surface area is 104 Å². The summed E-state index contributed by atoms with van der Waals surface area (Å²) in [6.07, 6.45) is 0.912. The molecule has 1 aromatic rings. The molecule has 88 valence electrons. The van der Waals surface area contributed by atoms with Crippen molar-refractivity contribution in [3.05, 3.63) is 29.8 Å². The zero-order valence-electron chi connectivity index (χ0n) is 9.50. The van der Waals surface area contributed by atoms with Gasteiger partial charge < -0.3 is 10.1 Å². The normalized spacial score (nSPS) is 11.9. The quantitative estimate of drug-likeness (QED) is 0.845. The van der Waals surface area contributed by atoms with Crippen molar-refractivity contribution < 1.29 is 9.53 Å². The van der Waals surface area contributed by atoms with E-state index < -0.39 is 0 Å². The fraction of sp³-hybridized carbons (Fsp3) is 0.417. The molecule has 0 bridgehead atoms. The van der Waals surface area contributed by atoms with Gasteiger partial charge in [-0.2, -0.15) is 0 Å². The Morgan fingerprint density at radius 2 is 2.31 bits per heavy atom. The van der Waals surface area contributed by atoms with E-state index in [1.807, 2.05) is 6.07 Å². The molecule has 0 heterocycles. The molecule has 0 aliphatic carbocycles. The second-order valence-corrected chi connectivity index (χ2v) is 5.12. The summed E-state index contributed by atoms with van der Waals surface area (Å²) in [6, 6.07) is 7.13. The number of ether oxygens (including phenoxy) is 1. The molecule has 0 radical (unpaired) electrons. The van der Waals surface area contributed by atoms with E-state index in [0.717, 1.165) is 6.42 Å². The summed E-state index contributed by atoms with van der Waals surface area (Å²) >= 11 is 3.43. The molecule has 4 heteroatoms. The first kappa shape index (κ1) is 13.0. The van der Waals surface area contributed by atoms with Gasteiger partial charge in [0.05, 0.1) is 7.11 Å². The lowest BCUT2D eigenvalue weighted by atomic mass is 10.2. The van der Waals surface area contributed by atoms with Gasteiger partial charge >= 0.3 is 0 Å². The Hall–Kier alpha value is -1.03. The van der Waals surface area contributed by atoms with Crippen molar-refractivity contribution in [1.29, 1.82) is 0 Å². The van der Waals surface area contributed by atoms with E-state index in [2.05, 4.69) is 28.2 Å². The molecule has 1 amide bonds. The summed E-state index contributed by atoms with van der Waals surface area (Å²) < 4.78 is 5.06. The van der Waals surface area contributed by atoms with Crippen LogP contribution in [0.2, 0.25) is 0 Å². The number of hydrogen-bond acceptors (Lipinski definition) is 2.